The van der Waals surface area contributed by atoms with Gasteiger partial charge in [-0.3, -0.25) is 0 Å². The quantitative estimate of drug-likeness (QED) is 0.802. The molecule has 5 heteroatoms. The number of benzene rings is 1. The summed E-state index contributed by atoms with van der Waals surface area (Å²) < 4.78 is 13.0. The van der Waals surface area contributed by atoms with Gasteiger partial charge < -0.3 is 11.5 Å². The van der Waals surface area contributed by atoms with Gasteiger partial charge >= 0.3 is 0 Å². The second-order valence-corrected chi connectivity index (χ2v) is 3.74. The van der Waals surface area contributed by atoms with Gasteiger partial charge in [0.25, 0.3) is 0 Å². The molecule has 0 saturated carbocycles. The van der Waals surface area contributed by atoms with Gasteiger partial charge in [-0.25, -0.2) is 9.37 Å². The van der Waals surface area contributed by atoms with Gasteiger partial charge in [0.15, 0.2) is 0 Å². The Hall–Kier alpha value is -1.81. The van der Waals surface area contributed by atoms with Crippen LogP contribution in [0, 0.1) is 5.82 Å². The van der Waals surface area contributed by atoms with E-state index in [1.54, 1.807) is 18.2 Å². The third-order valence-corrected chi connectivity index (χ3v) is 2.41. The normalized spacial score (nSPS) is 10.4. The number of rotatable bonds is 1. The third kappa shape index (κ3) is 2.06. The molecule has 16 heavy (non-hydrogen) atoms. The van der Waals surface area contributed by atoms with Gasteiger partial charge in [0.2, 0.25) is 0 Å². The van der Waals surface area contributed by atoms with Gasteiger partial charge in [-0.15, -0.1) is 0 Å². The molecule has 0 amide bonds. The van der Waals surface area contributed by atoms with E-state index in [9.17, 15) is 4.39 Å². The van der Waals surface area contributed by atoms with Crippen molar-refractivity contribution in [2.75, 3.05) is 11.5 Å². The maximum absolute atomic E-state index is 13.0. The Kier molecular flexibility index (Phi) is 2.66. The van der Waals surface area contributed by atoms with E-state index in [1.807, 2.05) is 0 Å². The van der Waals surface area contributed by atoms with Crippen molar-refractivity contribution in [3.63, 3.8) is 0 Å². The summed E-state index contributed by atoms with van der Waals surface area (Å²) >= 11 is 5.69. The molecule has 1 aromatic heterocycles. The lowest BCUT2D eigenvalue weighted by molar-refractivity contribution is 0.628. The van der Waals surface area contributed by atoms with Crippen LogP contribution in [0.25, 0.3) is 11.1 Å². The standard InChI is InChI=1S/C11H9ClFN3/c12-8-3-6(1-2-9(8)13)7-4-10(14)16-11(15)5-7/h1-5H,(H4,14,15,16). The van der Waals surface area contributed by atoms with Crippen LogP contribution in [-0.4, -0.2) is 4.98 Å². The van der Waals surface area contributed by atoms with Gasteiger partial charge in [-0.1, -0.05) is 17.7 Å². The molecule has 0 saturated heterocycles. The lowest BCUT2D eigenvalue weighted by Gasteiger charge is -2.05. The summed E-state index contributed by atoms with van der Waals surface area (Å²) in [7, 11) is 0. The minimum absolute atomic E-state index is 0.0615. The van der Waals surface area contributed by atoms with Crippen LogP contribution in [0.2, 0.25) is 5.02 Å². The molecule has 0 bridgehead atoms. The van der Waals surface area contributed by atoms with E-state index in [4.69, 9.17) is 23.1 Å². The molecule has 3 nitrogen and oxygen atoms in total. The highest BCUT2D eigenvalue weighted by Gasteiger charge is 2.05. The highest BCUT2D eigenvalue weighted by molar-refractivity contribution is 6.31. The SMILES string of the molecule is Nc1cc(-c2ccc(F)c(Cl)c2)cc(N)n1. The first kappa shape index (κ1) is 10.7. The van der Waals surface area contributed by atoms with E-state index in [0.29, 0.717) is 11.6 Å². The molecule has 1 heterocycles. The number of hydrogen-bond acceptors (Lipinski definition) is 3. The second-order valence-electron chi connectivity index (χ2n) is 3.33. The Morgan fingerprint density at radius 1 is 1.00 bits per heavy atom. The Morgan fingerprint density at radius 3 is 2.19 bits per heavy atom. The molecule has 0 radical (unpaired) electrons. The Bertz CT molecular complexity index is 522. The number of hydrogen-bond donors (Lipinski definition) is 2. The first-order valence-electron chi connectivity index (χ1n) is 4.55. The van der Waals surface area contributed by atoms with Crippen LogP contribution in [0.4, 0.5) is 16.0 Å². The molecule has 2 aromatic rings. The topological polar surface area (TPSA) is 64.9 Å². The van der Waals surface area contributed by atoms with Crippen molar-refractivity contribution >= 4 is 23.2 Å². The number of aromatic nitrogens is 1. The van der Waals surface area contributed by atoms with Crippen molar-refractivity contribution in [1.82, 2.24) is 4.98 Å². The average Bonchev–Trinajstić information content (AvgIpc) is 2.20. The molecule has 2 rings (SSSR count). The van der Waals surface area contributed by atoms with E-state index >= 15 is 0 Å². The molecule has 0 aliphatic carbocycles. The molecule has 1 aromatic carbocycles. The maximum atomic E-state index is 13.0. The average molecular weight is 238 g/mol. The molecule has 0 atom stereocenters. The molecular weight excluding hydrogens is 229 g/mol. The molecule has 0 aliphatic heterocycles. The van der Waals surface area contributed by atoms with E-state index < -0.39 is 5.82 Å². The molecular formula is C11H9ClFN3. The van der Waals surface area contributed by atoms with E-state index in [2.05, 4.69) is 4.98 Å². The van der Waals surface area contributed by atoms with Crippen molar-refractivity contribution in [1.29, 1.82) is 0 Å². The van der Waals surface area contributed by atoms with Crippen LogP contribution >= 0.6 is 11.6 Å². The molecule has 82 valence electrons. The molecule has 0 fully saturated rings. The zero-order valence-corrected chi connectivity index (χ0v) is 9.00. The summed E-state index contributed by atoms with van der Waals surface area (Å²) in [4.78, 5) is 3.85. The number of anilines is 2. The number of halogens is 2. The first-order chi connectivity index (χ1) is 7.56. The van der Waals surface area contributed by atoms with Crippen molar-refractivity contribution in [2.24, 2.45) is 0 Å². The van der Waals surface area contributed by atoms with Crippen molar-refractivity contribution in [3.05, 3.63) is 41.2 Å². The van der Waals surface area contributed by atoms with Crippen LogP contribution in [0.5, 0.6) is 0 Å². The van der Waals surface area contributed by atoms with Gasteiger partial charge in [-0.05, 0) is 35.4 Å². The Morgan fingerprint density at radius 2 is 1.62 bits per heavy atom. The highest BCUT2D eigenvalue weighted by Crippen LogP contribution is 2.26. The van der Waals surface area contributed by atoms with Crippen molar-refractivity contribution < 1.29 is 4.39 Å². The summed E-state index contributed by atoms with van der Waals surface area (Å²) in [6, 6.07) is 7.73. The zero-order chi connectivity index (χ0) is 11.7. The van der Waals surface area contributed by atoms with Crippen LogP contribution in [-0.2, 0) is 0 Å². The number of nitrogens with zero attached hydrogens (tertiary/aromatic N) is 1. The number of pyridine rings is 1. The largest absolute Gasteiger partial charge is 0.384 e. The van der Waals surface area contributed by atoms with Crippen LogP contribution in [0.15, 0.2) is 30.3 Å². The molecule has 0 unspecified atom stereocenters. The zero-order valence-electron chi connectivity index (χ0n) is 8.24. The molecule has 0 spiro atoms. The number of nitrogens with two attached hydrogens (primary N) is 2. The fraction of sp³-hybridized carbons (Fsp3) is 0. The monoisotopic (exact) mass is 237 g/mol. The van der Waals surface area contributed by atoms with Gasteiger partial charge in [0, 0.05) is 0 Å². The van der Waals surface area contributed by atoms with E-state index in [-0.39, 0.29) is 5.02 Å². The second kappa shape index (κ2) is 3.98. The van der Waals surface area contributed by atoms with E-state index in [1.165, 1.54) is 12.1 Å². The van der Waals surface area contributed by atoms with Gasteiger partial charge in [0.1, 0.15) is 17.5 Å². The maximum Gasteiger partial charge on any atom is 0.141 e. The predicted octanol–water partition coefficient (Wildman–Crippen LogP) is 2.71. The Labute approximate surface area is 96.9 Å². The van der Waals surface area contributed by atoms with Crippen LogP contribution < -0.4 is 11.5 Å². The predicted molar refractivity (Wildman–Crippen MR) is 63.5 cm³/mol. The fourth-order valence-corrected chi connectivity index (χ4v) is 1.60. The van der Waals surface area contributed by atoms with Crippen LogP contribution in [0.1, 0.15) is 0 Å². The fourth-order valence-electron chi connectivity index (χ4n) is 1.42. The molecule has 0 aliphatic rings. The summed E-state index contributed by atoms with van der Waals surface area (Å²) in [6.45, 7) is 0. The van der Waals surface area contributed by atoms with E-state index in [0.717, 1.165) is 11.1 Å². The van der Waals surface area contributed by atoms with Gasteiger partial charge in [0.05, 0.1) is 5.02 Å². The Balaban J connectivity index is 2.54. The van der Waals surface area contributed by atoms with Crippen molar-refractivity contribution in [3.8, 4) is 11.1 Å². The summed E-state index contributed by atoms with van der Waals surface area (Å²) in [5, 5.41) is 0.0615. The summed E-state index contributed by atoms with van der Waals surface area (Å²) in [6.07, 6.45) is 0. The number of nitrogen functional groups attached to an aromatic ring is 2. The minimum Gasteiger partial charge on any atom is -0.384 e. The summed E-state index contributed by atoms with van der Waals surface area (Å²) in [5.74, 6) is 0.173. The van der Waals surface area contributed by atoms with Crippen molar-refractivity contribution in [2.45, 2.75) is 0 Å². The lowest BCUT2D eigenvalue weighted by Crippen LogP contribution is -1.96. The lowest BCUT2D eigenvalue weighted by atomic mass is 10.1. The third-order valence-electron chi connectivity index (χ3n) is 2.12. The minimum atomic E-state index is -0.458. The van der Waals surface area contributed by atoms with Crippen LogP contribution in [0.3, 0.4) is 0 Å². The first-order valence-corrected chi connectivity index (χ1v) is 4.92. The smallest absolute Gasteiger partial charge is 0.141 e. The summed E-state index contributed by atoms with van der Waals surface area (Å²) in [5.41, 5.74) is 12.6. The molecule has 4 N–H and O–H groups in total. The highest BCUT2D eigenvalue weighted by atomic mass is 35.5. The van der Waals surface area contributed by atoms with Gasteiger partial charge in [-0.2, -0.15) is 0 Å².